The maximum absolute atomic E-state index is 4.66. The van der Waals surface area contributed by atoms with E-state index in [1.807, 2.05) is 11.7 Å². The molecule has 0 saturated carbocycles. The molecule has 0 radical (unpaired) electrons. The van der Waals surface area contributed by atoms with Gasteiger partial charge in [-0.2, -0.15) is 0 Å². The largest absolute Gasteiger partial charge is 0.370 e. The molecule has 21 heavy (non-hydrogen) atoms. The van der Waals surface area contributed by atoms with Crippen LogP contribution in [0.25, 0.3) is 0 Å². The lowest BCUT2D eigenvalue weighted by Gasteiger charge is -2.16. The van der Waals surface area contributed by atoms with Crippen LogP contribution in [0.5, 0.6) is 0 Å². The summed E-state index contributed by atoms with van der Waals surface area (Å²) in [6.07, 6.45) is 2.96. The van der Waals surface area contributed by atoms with Crippen LogP contribution in [0, 0.1) is 6.92 Å². The summed E-state index contributed by atoms with van der Waals surface area (Å²) in [7, 11) is 0. The molecule has 0 unspecified atom stereocenters. The molecule has 114 valence electrons. The van der Waals surface area contributed by atoms with E-state index in [0.29, 0.717) is 5.92 Å². The van der Waals surface area contributed by atoms with Gasteiger partial charge in [-0.3, -0.25) is 4.98 Å². The summed E-state index contributed by atoms with van der Waals surface area (Å²) >= 11 is 1.64. The molecular formula is C15H23N5S. The van der Waals surface area contributed by atoms with Gasteiger partial charge in [0.25, 0.3) is 0 Å². The normalized spacial score (nSPS) is 10.9. The second-order valence-electron chi connectivity index (χ2n) is 5.31. The van der Waals surface area contributed by atoms with E-state index in [9.17, 15) is 0 Å². The third-order valence-electron chi connectivity index (χ3n) is 3.14. The lowest BCUT2D eigenvalue weighted by molar-refractivity contribution is 0.771. The van der Waals surface area contributed by atoms with Crippen molar-refractivity contribution in [2.45, 2.75) is 46.6 Å². The monoisotopic (exact) mass is 305 g/mol. The summed E-state index contributed by atoms with van der Waals surface area (Å²) < 4.78 is 0. The third-order valence-corrected chi connectivity index (χ3v) is 3.92. The Morgan fingerprint density at radius 3 is 2.48 bits per heavy atom. The lowest BCUT2D eigenvalue weighted by atomic mass is 10.2. The first-order valence-corrected chi connectivity index (χ1v) is 8.23. The Morgan fingerprint density at radius 1 is 1.19 bits per heavy atom. The Balaban J connectivity index is 2.22. The van der Waals surface area contributed by atoms with E-state index in [-0.39, 0.29) is 0 Å². The minimum atomic E-state index is 0.303. The Hall–Kier alpha value is -1.69. The van der Waals surface area contributed by atoms with Gasteiger partial charge in [0.1, 0.15) is 17.5 Å². The zero-order chi connectivity index (χ0) is 15.2. The van der Waals surface area contributed by atoms with Crippen molar-refractivity contribution in [2.24, 2.45) is 0 Å². The molecule has 0 fully saturated rings. The topological polar surface area (TPSA) is 62.7 Å². The molecule has 2 aromatic rings. The summed E-state index contributed by atoms with van der Waals surface area (Å²) in [4.78, 5) is 14.6. The van der Waals surface area contributed by atoms with E-state index < -0.39 is 0 Å². The van der Waals surface area contributed by atoms with E-state index in [2.05, 4.69) is 53.3 Å². The molecular weight excluding hydrogens is 282 g/mol. The quantitative estimate of drug-likeness (QED) is 0.814. The van der Waals surface area contributed by atoms with Crippen molar-refractivity contribution < 1.29 is 0 Å². The highest BCUT2D eigenvalue weighted by Gasteiger charge is 2.13. The maximum atomic E-state index is 4.66. The minimum absolute atomic E-state index is 0.303. The maximum Gasteiger partial charge on any atom is 0.135 e. The summed E-state index contributed by atoms with van der Waals surface area (Å²) in [5.41, 5.74) is 2.91. The Kier molecular flexibility index (Phi) is 5.50. The number of aromatic nitrogens is 3. The van der Waals surface area contributed by atoms with E-state index in [1.165, 1.54) is 4.88 Å². The summed E-state index contributed by atoms with van der Waals surface area (Å²) in [6.45, 7) is 10.1. The average Bonchev–Trinajstić information content (AvgIpc) is 2.98. The fourth-order valence-electron chi connectivity index (χ4n) is 1.88. The van der Waals surface area contributed by atoms with Crippen molar-refractivity contribution >= 4 is 23.0 Å². The smallest absolute Gasteiger partial charge is 0.135 e. The zero-order valence-electron chi connectivity index (χ0n) is 13.1. The molecule has 5 nitrogen and oxygen atoms in total. The van der Waals surface area contributed by atoms with Gasteiger partial charge in [0.15, 0.2) is 0 Å². The Labute approximate surface area is 130 Å². The molecule has 0 aliphatic carbocycles. The van der Waals surface area contributed by atoms with Crippen LogP contribution in [0.1, 0.15) is 49.4 Å². The van der Waals surface area contributed by atoms with Crippen molar-refractivity contribution in [1.29, 1.82) is 0 Å². The number of hydrogen-bond donors (Lipinski definition) is 2. The van der Waals surface area contributed by atoms with E-state index in [0.717, 1.165) is 42.5 Å². The minimum Gasteiger partial charge on any atom is -0.370 e. The van der Waals surface area contributed by atoms with E-state index in [1.54, 1.807) is 11.3 Å². The van der Waals surface area contributed by atoms with Crippen molar-refractivity contribution in [3.05, 3.63) is 28.0 Å². The molecule has 0 aliphatic heterocycles. The summed E-state index contributed by atoms with van der Waals surface area (Å²) in [6, 6.07) is 0. The fourth-order valence-corrected chi connectivity index (χ4v) is 2.41. The molecule has 0 spiro atoms. The van der Waals surface area contributed by atoms with Gasteiger partial charge in [-0.25, -0.2) is 9.97 Å². The number of hydrogen-bond acceptors (Lipinski definition) is 6. The first-order chi connectivity index (χ1) is 10.1. The van der Waals surface area contributed by atoms with Crippen molar-refractivity contribution in [1.82, 2.24) is 15.0 Å². The second kappa shape index (κ2) is 7.36. The fraction of sp³-hybridized carbons (Fsp3) is 0.533. The molecule has 0 aromatic carbocycles. The van der Waals surface area contributed by atoms with Crippen molar-refractivity contribution in [2.75, 3.05) is 17.2 Å². The predicted octanol–water partition coefficient (Wildman–Crippen LogP) is 3.80. The Morgan fingerprint density at radius 2 is 1.90 bits per heavy atom. The van der Waals surface area contributed by atoms with Crippen LogP contribution in [-0.4, -0.2) is 21.5 Å². The molecule has 2 heterocycles. The molecule has 2 rings (SSSR count). The lowest BCUT2D eigenvalue weighted by Crippen LogP contribution is -2.12. The van der Waals surface area contributed by atoms with Gasteiger partial charge in [-0.1, -0.05) is 20.8 Å². The molecule has 0 saturated heterocycles. The molecule has 0 bridgehead atoms. The SMILES string of the molecule is CCCNc1nc(C(C)C)nc(NCc2cncs2)c1C. The van der Waals surface area contributed by atoms with Crippen LogP contribution in [-0.2, 0) is 6.54 Å². The highest BCUT2D eigenvalue weighted by atomic mass is 32.1. The number of thiazole rings is 1. The molecule has 2 aromatic heterocycles. The molecule has 0 aliphatic rings. The van der Waals surface area contributed by atoms with Gasteiger partial charge >= 0.3 is 0 Å². The van der Waals surface area contributed by atoms with Crippen LogP contribution >= 0.6 is 11.3 Å². The van der Waals surface area contributed by atoms with Crippen LogP contribution in [0.4, 0.5) is 11.6 Å². The first kappa shape index (κ1) is 15.7. The standard InChI is InChI=1S/C15H23N5S/c1-5-6-17-14-11(4)15(20-13(19-14)10(2)3)18-8-12-7-16-9-21-12/h7,9-10H,5-6,8H2,1-4H3,(H2,17,18,19,20). The third kappa shape index (κ3) is 4.14. The van der Waals surface area contributed by atoms with Crippen LogP contribution < -0.4 is 10.6 Å². The molecule has 6 heteroatoms. The zero-order valence-corrected chi connectivity index (χ0v) is 13.9. The van der Waals surface area contributed by atoms with Gasteiger partial charge in [0.05, 0.1) is 12.1 Å². The van der Waals surface area contributed by atoms with E-state index in [4.69, 9.17) is 0 Å². The highest BCUT2D eigenvalue weighted by Crippen LogP contribution is 2.24. The van der Waals surface area contributed by atoms with Crippen LogP contribution in [0.2, 0.25) is 0 Å². The van der Waals surface area contributed by atoms with Gasteiger partial charge in [-0.15, -0.1) is 11.3 Å². The number of anilines is 2. The van der Waals surface area contributed by atoms with Crippen molar-refractivity contribution in [3.8, 4) is 0 Å². The highest BCUT2D eigenvalue weighted by molar-refractivity contribution is 7.09. The summed E-state index contributed by atoms with van der Waals surface area (Å²) in [5, 5.41) is 6.80. The van der Waals surface area contributed by atoms with E-state index >= 15 is 0 Å². The predicted molar refractivity (Wildman–Crippen MR) is 89.1 cm³/mol. The molecule has 2 N–H and O–H groups in total. The number of nitrogens with one attached hydrogen (secondary N) is 2. The van der Waals surface area contributed by atoms with Gasteiger partial charge in [0, 0.05) is 29.1 Å². The van der Waals surface area contributed by atoms with Crippen molar-refractivity contribution in [3.63, 3.8) is 0 Å². The van der Waals surface area contributed by atoms with Gasteiger partial charge < -0.3 is 10.6 Å². The Bertz CT molecular complexity index is 566. The second-order valence-corrected chi connectivity index (χ2v) is 6.28. The number of rotatable bonds is 7. The average molecular weight is 305 g/mol. The van der Waals surface area contributed by atoms with Crippen LogP contribution in [0.15, 0.2) is 11.7 Å². The molecule has 0 amide bonds. The van der Waals surface area contributed by atoms with Gasteiger partial charge in [0.2, 0.25) is 0 Å². The van der Waals surface area contributed by atoms with Gasteiger partial charge in [-0.05, 0) is 13.3 Å². The molecule has 0 atom stereocenters. The van der Waals surface area contributed by atoms with Crippen LogP contribution in [0.3, 0.4) is 0 Å². The first-order valence-electron chi connectivity index (χ1n) is 7.35. The number of nitrogens with zero attached hydrogens (tertiary/aromatic N) is 3. The summed E-state index contributed by atoms with van der Waals surface area (Å²) in [5.74, 6) is 3.01.